The van der Waals surface area contributed by atoms with Crippen LogP contribution >= 0.6 is 0 Å². The van der Waals surface area contributed by atoms with Gasteiger partial charge in [-0.3, -0.25) is 4.90 Å². The minimum atomic E-state index is 0.471. The van der Waals surface area contributed by atoms with E-state index in [2.05, 4.69) is 79.4 Å². The first-order chi connectivity index (χ1) is 9.35. The third kappa shape index (κ3) is 3.68. The van der Waals surface area contributed by atoms with E-state index in [1.165, 1.54) is 11.1 Å². The van der Waals surface area contributed by atoms with Gasteiger partial charge in [-0.25, -0.2) is 0 Å². The fourth-order valence-corrected chi connectivity index (χ4v) is 2.63. The summed E-state index contributed by atoms with van der Waals surface area (Å²) in [7, 11) is 0. The number of nitrogens with zero attached hydrogens (tertiary/aromatic N) is 1. The average molecular weight is 253 g/mol. The van der Waals surface area contributed by atoms with Crippen LogP contribution < -0.4 is 0 Å². The second kappa shape index (κ2) is 7.10. The Morgan fingerprint density at radius 1 is 0.789 bits per heavy atom. The number of hydrogen-bond acceptors (Lipinski definition) is 1. The molecule has 0 fully saturated rings. The van der Waals surface area contributed by atoms with Gasteiger partial charge < -0.3 is 0 Å². The molecule has 0 radical (unpaired) electrons. The van der Waals surface area contributed by atoms with Crippen LogP contribution in [0.15, 0.2) is 60.7 Å². The Kier molecular flexibility index (Phi) is 5.17. The number of hydrogen-bond donors (Lipinski definition) is 0. The van der Waals surface area contributed by atoms with Crippen LogP contribution in [0.2, 0.25) is 0 Å². The van der Waals surface area contributed by atoms with Gasteiger partial charge in [0.2, 0.25) is 0 Å². The van der Waals surface area contributed by atoms with Crippen LogP contribution in [0.3, 0.4) is 0 Å². The number of benzene rings is 2. The van der Waals surface area contributed by atoms with Crippen LogP contribution in [0.5, 0.6) is 0 Å². The van der Waals surface area contributed by atoms with Gasteiger partial charge in [0.15, 0.2) is 0 Å². The molecule has 1 heteroatoms. The van der Waals surface area contributed by atoms with Crippen molar-refractivity contribution in [2.45, 2.75) is 26.3 Å². The van der Waals surface area contributed by atoms with E-state index in [-0.39, 0.29) is 0 Å². The van der Waals surface area contributed by atoms with E-state index in [0.29, 0.717) is 6.04 Å². The largest absolute Gasteiger partial charge is 0.297 e. The first kappa shape index (κ1) is 13.8. The van der Waals surface area contributed by atoms with E-state index < -0.39 is 0 Å². The standard InChI is InChI=1S/C18H23N/c1-3-19(4-2)18(17-13-9-6-10-14-17)15-16-11-7-5-8-12-16/h5-14,18H,3-4,15H2,1-2H3/t18-/m1/s1. The average Bonchev–Trinajstić information content (AvgIpc) is 2.49. The minimum absolute atomic E-state index is 0.471. The Labute approximate surface area is 116 Å². The third-order valence-corrected chi connectivity index (χ3v) is 3.71. The predicted octanol–water partition coefficient (Wildman–Crippen LogP) is 4.31. The summed E-state index contributed by atoms with van der Waals surface area (Å²) >= 11 is 0. The van der Waals surface area contributed by atoms with E-state index in [1.807, 2.05) is 0 Å². The summed E-state index contributed by atoms with van der Waals surface area (Å²) in [6.07, 6.45) is 1.08. The molecule has 0 aliphatic carbocycles. The zero-order valence-corrected chi connectivity index (χ0v) is 11.9. The molecule has 2 aromatic rings. The van der Waals surface area contributed by atoms with E-state index in [0.717, 1.165) is 19.5 Å². The van der Waals surface area contributed by atoms with Gasteiger partial charge >= 0.3 is 0 Å². The van der Waals surface area contributed by atoms with Crippen molar-refractivity contribution in [3.05, 3.63) is 71.8 Å². The highest BCUT2D eigenvalue weighted by Crippen LogP contribution is 2.24. The SMILES string of the molecule is CCN(CC)[C@H](Cc1ccccc1)c1ccccc1. The smallest absolute Gasteiger partial charge is 0.0388 e. The highest BCUT2D eigenvalue weighted by atomic mass is 15.1. The summed E-state index contributed by atoms with van der Waals surface area (Å²) in [5.41, 5.74) is 2.82. The maximum Gasteiger partial charge on any atom is 0.0388 e. The summed E-state index contributed by atoms with van der Waals surface area (Å²) in [4.78, 5) is 2.53. The maximum atomic E-state index is 2.53. The van der Waals surface area contributed by atoms with Crippen molar-refractivity contribution in [1.82, 2.24) is 4.90 Å². The van der Waals surface area contributed by atoms with Gasteiger partial charge in [-0.15, -0.1) is 0 Å². The van der Waals surface area contributed by atoms with Crippen LogP contribution in [0.25, 0.3) is 0 Å². The summed E-state index contributed by atoms with van der Waals surface area (Å²) in [5.74, 6) is 0. The van der Waals surface area contributed by atoms with Crippen molar-refractivity contribution < 1.29 is 0 Å². The van der Waals surface area contributed by atoms with Crippen LogP contribution in [0.1, 0.15) is 31.0 Å². The Morgan fingerprint density at radius 3 is 1.84 bits per heavy atom. The van der Waals surface area contributed by atoms with Crippen LogP contribution in [0, 0.1) is 0 Å². The molecule has 0 saturated carbocycles. The van der Waals surface area contributed by atoms with E-state index in [9.17, 15) is 0 Å². The van der Waals surface area contributed by atoms with Gasteiger partial charge in [0.25, 0.3) is 0 Å². The second-order valence-electron chi connectivity index (χ2n) is 4.84. The molecule has 2 rings (SSSR count). The lowest BCUT2D eigenvalue weighted by atomic mass is 9.97. The van der Waals surface area contributed by atoms with E-state index in [4.69, 9.17) is 0 Å². The minimum Gasteiger partial charge on any atom is -0.297 e. The van der Waals surface area contributed by atoms with Crippen LogP contribution in [-0.4, -0.2) is 18.0 Å². The molecule has 0 amide bonds. The van der Waals surface area contributed by atoms with Gasteiger partial charge in [0.05, 0.1) is 0 Å². The van der Waals surface area contributed by atoms with Gasteiger partial charge in [-0.1, -0.05) is 74.5 Å². The molecule has 0 bridgehead atoms. The maximum absolute atomic E-state index is 2.53. The lowest BCUT2D eigenvalue weighted by Gasteiger charge is -2.30. The molecular formula is C18H23N. The molecule has 0 unspecified atom stereocenters. The molecule has 0 aromatic heterocycles. The Bertz CT molecular complexity index is 460. The molecule has 100 valence electrons. The monoisotopic (exact) mass is 253 g/mol. The van der Waals surface area contributed by atoms with Gasteiger partial charge in [0, 0.05) is 6.04 Å². The molecule has 1 atom stereocenters. The molecule has 2 aromatic carbocycles. The normalized spacial score (nSPS) is 12.6. The second-order valence-corrected chi connectivity index (χ2v) is 4.84. The summed E-state index contributed by atoms with van der Waals surface area (Å²) < 4.78 is 0. The predicted molar refractivity (Wildman–Crippen MR) is 82.3 cm³/mol. The molecule has 0 N–H and O–H groups in total. The molecule has 1 nitrogen and oxygen atoms in total. The van der Waals surface area contributed by atoms with Crippen molar-refractivity contribution in [2.75, 3.05) is 13.1 Å². The zero-order chi connectivity index (χ0) is 13.5. The lowest BCUT2D eigenvalue weighted by Crippen LogP contribution is -2.29. The number of likely N-dealkylation sites (N-methyl/N-ethyl adjacent to an activating group) is 1. The molecule has 0 heterocycles. The molecule has 0 spiro atoms. The van der Waals surface area contributed by atoms with Crippen molar-refractivity contribution in [1.29, 1.82) is 0 Å². The lowest BCUT2D eigenvalue weighted by molar-refractivity contribution is 0.217. The summed E-state index contributed by atoms with van der Waals surface area (Å²) in [5, 5.41) is 0. The van der Waals surface area contributed by atoms with Crippen molar-refractivity contribution in [3.8, 4) is 0 Å². The first-order valence-corrected chi connectivity index (χ1v) is 7.18. The third-order valence-electron chi connectivity index (χ3n) is 3.71. The van der Waals surface area contributed by atoms with Crippen LogP contribution in [-0.2, 0) is 6.42 Å². The quantitative estimate of drug-likeness (QED) is 0.741. The van der Waals surface area contributed by atoms with Crippen LogP contribution in [0.4, 0.5) is 0 Å². The molecular weight excluding hydrogens is 230 g/mol. The highest BCUT2D eigenvalue weighted by molar-refractivity contribution is 5.23. The molecule has 0 aliphatic heterocycles. The fraction of sp³-hybridized carbons (Fsp3) is 0.333. The topological polar surface area (TPSA) is 3.24 Å². The Morgan fingerprint density at radius 2 is 1.32 bits per heavy atom. The Balaban J connectivity index is 2.24. The van der Waals surface area contributed by atoms with Gasteiger partial charge in [0.1, 0.15) is 0 Å². The highest BCUT2D eigenvalue weighted by Gasteiger charge is 2.17. The van der Waals surface area contributed by atoms with Gasteiger partial charge in [-0.2, -0.15) is 0 Å². The number of rotatable bonds is 6. The van der Waals surface area contributed by atoms with E-state index in [1.54, 1.807) is 0 Å². The first-order valence-electron chi connectivity index (χ1n) is 7.18. The fourth-order valence-electron chi connectivity index (χ4n) is 2.63. The molecule has 0 aliphatic rings. The zero-order valence-electron chi connectivity index (χ0n) is 11.9. The Hall–Kier alpha value is -1.60. The van der Waals surface area contributed by atoms with E-state index >= 15 is 0 Å². The summed E-state index contributed by atoms with van der Waals surface area (Å²) in [6.45, 7) is 6.65. The molecule has 0 saturated heterocycles. The van der Waals surface area contributed by atoms with Crippen molar-refractivity contribution in [3.63, 3.8) is 0 Å². The van der Waals surface area contributed by atoms with Crippen molar-refractivity contribution in [2.24, 2.45) is 0 Å². The summed E-state index contributed by atoms with van der Waals surface area (Å²) in [6, 6.07) is 22.1. The van der Waals surface area contributed by atoms with Crippen molar-refractivity contribution >= 4 is 0 Å². The molecule has 19 heavy (non-hydrogen) atoms. The van der Waals surface area contributed by atoms with Gasteiger partial charge in [-0.05, 0) is 30.6 Å².